The van der Waals surface area contributed by atoms with Crippen molar-refractivity contribution < 1.29 is 9.47 Å². The van der Waals surface area contributed by atoms with Crippen LogP contribution in [0, 0.1) is 17.8 Å². The van der Waals surface area contributed by atoms with Gasteiger partial charge in [-0.2, -0.15) is 0 Å². The Balaban J connectivity index is 2.22. The molecule has 0 aromatic rings. The first-order valence-electron chi connectivity index (χ1n) is 5.08. The minimum absolute atomic E-state index is 0.302. The van der Waals surface area contributed by atoms with Gasteiger partial charge in [-0.15, -0.1) is 0 Å². The topological polar surface area (TPSA) is 44.5 Å². The molecule has 2 aliphatic rings. The van der Waals surface area contributed by atoms with Crippen molar-refractivity contribution in [2.45, 2.75) is 25.0 Å². The van der Waals surface area contributed by atoms with Gasteiger partial charge in [-0.05, 0) is 31.7 Å². The van der Waals surface area contributed by atoms with Crippen molar-refractivity contribution in [3.63, 3.8) is 0 Å². The average Bonchev–Trinajstić information content (AvgIpc) is 2.69. The molecule has 0 radical (unpaired) electrons. The highest BCUT2D eigenvalue weighted by Gasteiger charge is 2.59. The van der Waals surface area contributed by atoms with E-state index in [4.69, 9.17) is 15.2 Å². The van der Waals surface area contributed by atoms with Crippen LogP contribution < -0.4 is 5.73 Å². The van der Waals surface area contributed by atoms with Crippen LogP contribution in [0.1, 0.15) is 19.3 Å². The van der Waals surface area contributed by atoms with Crippen molar-refractivity contribution in [3.8, 4) is 0 Å². The summed E-state index contributed by atoms with van der Waals surface area (Å²) in [4.78, 5) is 0. The monoisotopic (exact) mass is 185 g/mol. The van der Waals surface area contributed by atoms with E-state index in [-0.39, 0.29) is 5.79 Å². The van der Waals surface area contributed by atoms with Crippen LogP contribution in [-0.4, -0.2) is 26.6 Å². The highest BCUT2D eigenvalue weighted by molar-refractivity contribution is 5.03. The summed E-state index contributed by atoms with van der Waals surface area (Å²) in [6, 6.07) is 0. The van der Waals surface area contributed by atoms with Crippen LogP contribution in [-0.2, 0) is 9.47 Å². The van der Waals surface area contributed by atoms with E-state index < -0.39 is 0 Å². The van der Waals surface area contributed by atoms with Gasteiger partial charge in [0.15, 0.2) is 5.79 Å². The molecular formula is C10H19NO2. The highest BCUT2D eigenvalue weighted by Crippen LogP contribution is 2.56. The standard InChI is InChI=1S/C10H19NO2/c1-12-10(13-2)8-3-4-9(10)7(5-8)6-11/h7-9H,3-6,11H2,1-2H3. The molecule has 13 heavy (non-hydrogen) atoms. The SMILES string of the molecule is COC1(OC)C2CCC1C(CN)C2. The molecule has 0 aromatic heterocycles. The van der Waals surface area contributed by atoms with Gasteiger partial charge in [0.2, 0.25) is 0 Å². The van der Waals surface area contributed by atoms with E-state index >= 15 is 0 Å². The molecule has 76 valence electrons. The van der Waals surface area contributed by atoms with Gasteiger partial charge in [0, 0.05) is 26.1 Å². The van der Waals surface area contributed by atoms with Crippen LogP contribution in [0.15, 0.2) is 0 Å². The zero-order valence-electron chi connectivity index (χ0n) is 8.45. The van der Waals surface area contributed by atoms with E-state index in [2.05, 4.69) is 0 Å². The molecule has 2 saturated carbocycles. The summed E-state index contributed by atoms with van der Waals surface area (Å²) < 4.78 is 11.2. The molecule has 0 aliphatic heterocycles. The molecule has 2 rings (SSSR count). The smallest absolute Gasteiger partial charge is 0.173 e. The molecule has 2 N–H and O–H groups in total. The molecule has 2 aliphatic carbocycles. The van der Waals surface area contributed by atoms with Crippen molar-refractivity contribution in [1.82, 2.24) is 0 Å². The van der Waals surface area contributed by atoms with Crippen molar-refractivity contribution in [2.75, 3.05) is 20.8 Å². The largest absolute Gasteiger partial charge is 0.353 e. The zero-order valence-corrected chi connectivity index (χ0v) is 8.45. The van der Waals surface area contributed by atoms with Gasteiger partial charge in [0.05, 0.1) is 0 Å². The fraction of sp³-hybridized carbons (Fsp3) is 1.00. The lowest BCUT2D eigenvalue weighted by atomic mass is 9.89. The number of ether oxygens (including phenoxy) is 2. The van der Waals surface area contributed by atoms with Gasteiger partial charge < -0.3 is 15.2 Å². The summed E-state index contributed by atoms with van der Waals surface area (Å²) >= 11 is 0. The third kappa shape index (κ3) is 1.07. The summed E-state index contributed by atoms with van der Waals surface area (Å²) in [5.41, 5.74) is 5.74. The van der Waals surface area contributed by atoms with Gasteiger partial charge in [0.1, 0.15) is 0 Å². The maximum atomic E-state index is 5.74. The van der Waals surface area contributed by atoms with Gasteiger partial charge in [-0.1, -0.05) is 0 Å². The predicted octanol–water partition coefficient (Wildman–Crippen LogP) is 0.980. The van der Waals surface area contributed by atoms with Crippen LogP contribution in [0.3, 0.4) is 0 Å². The lowest BCUT2D eigenvalue weighted by Gasteiger charge is -2.32. The minimum Gasteiger partial charge on any atom is -0.353 e. The molecule has 3 atom stereocenters. The summed E-state index contributed by atoms with van der Waals surface area (Å²) in [6.45, 7) is 0.773. The fourth-order valence-electron chi connectivity index (χ4n) is 3.44. The molecule has 0 heterocycles. The Morgan fingerprint density at radius 3 is 2.38 bits per heavy atom. The summed E-state index contributed by atoms with van der Waals surface area (Å²) in [5, 5.41) is 0. The van der Waals surface area contributed by atoms with Crippen molar-refractivity contribution in [1.29, 1.82) is 0 Å². The summed E-state index contributed by atoms with van der Waals surface area (Å²) in [7, 11) is 3.52. The van der Waals surface area contributed by atoms with Crippen molar-refractivity contribution >= 4 is 0 Å². The van der Waals surface area contributed by atoms with Crippen LogP contribution >= 0.6 is 0 Å². The second kappa shape index (κ2) is 3.23. The Morgan fingerprint density at radius 1 is 1.31 bits per heavy atom. The van der Waals surface area contributed by atoms with E-state index in [1.807, 2.05) is 0 Å². The molecule has 2 fully saturated rings. The van der Waals surface area contributed by atoms with Crippen LogP contribution in [0.2, 0.25) is 0 Å². The van der Waals surface area contributed by atoms with Gasteiger partial charge in [0.25, 0.3) is 0 Å². The van der Waals surface area contributed by atoms with E-state index in [0.717, 1.165) is 6.54 Å². The molecule has 2 bridgehead atoms. The third-order valence-corrected chi connectivity index (χ3v) is 4.01. The Bertz CT molecular complexity index is 191. The van der Waals surface area contributed by atoms with Gasteiger partial charge in [-0.3, -0.25) is 0 Å². The van der Waals surface area contributed by atoms with E-state index in [9.17, 15) is 0 Å². The molecule has 3 unspecified atom stereocenters. The fourth-order valence-corrected chi connectivity index (χ4v) is 3.44. The number of rotatable bonds is 3. The Hall–Kier alpha value is -0.120. The van der Waals surface area contributed by atoms with E-state index in [0.29, 0.717) is 17.8 Å². The Morgan fingerprint density at radius 2 is 2.00 bits per heavy atom. The van der Waals surface area contributed by atoms with Crippen LogP contribution in [0.5, 0.6) is 0 Å². The first kappa shape index (κ1) is 9.44. The molecule has 3 nitrogen and oxygen atoms in total. The first-order chi connectivity index (χ1) is 6.28. The first-order valence-corrected chi connectivity index (χ1v) is 5.08. The predicted molar refractivity (Wildman–Crippen MR) is 50.1 cm³/mol. The quantitative estimate of drug-likeness (QED) is 0.667. The minimum atomic E-state index is -0.302. The number of fused-ring (bicyclic) bond motifs is 2. The number of methoxy groups -OCH3 is 2. The summed E-state index contributed by atoms with van der Waals surface area (Å²) in [6.07, 6.45) is 3.64. The van der Waals surface area contributed by atoms with Crippen molar-refractivity contribution in [3.05, 3.63) is 0 Å². The number of hydrogen-bond donors (Lipinski definition) is 1. The Labute approximate surface area is 79.6 Å². The highest BCUT2D eigenvalue weighted by atomic mass is 16.7. The number of hydrogen-bond acceptors (Lipinski definition) is 3. The van der Waals surface area contributed by atoms with E-state index in [1.54, 1.807) is 14.2 Å². The zero-order chi connectivity index (χ0) is 9.47. The molecule has 3 heteroatoms. The second-order valence-electron chi connectivity index (χ2n) is 4.24. The molecule has 0 spiro atoms. The molecule has 0 aromatic carbocycles. The van der Waals surface area contributed by atoms with Gasteiger partial charge >= 0.3 is 0 Å². The van der Waals surface area contributed by atoms with Gasteiger partial charge in [-0.25, -0.2) is 0 Å². The molecule has 0 saturated heterocycles. The van der Waals surface area contributed by atoms with Crippen LogP contribution in [0.4, 0.5) is 0 Å². The van der Waals surface area contributed by atoms with Crippen LogP contribution in [0.25, 0.3) is 0 Å². The summed E-state index contributed by atoms with van der Waals surface area (Å²) in [5.74, 6) is 1.40. The van der Waals surface area contributed by atoms with Crippen molar-refractivity contribution in [2.24, 2.45) is 23.5 Å². The second-order valence-corrected chi connectivity index (χ2v) is 4.24. The lowest BCUT2D eigenvalue weighted by molar-refractivity contribution is -0.237. The Kier molecular flexibility index (Phi) is 2.34. The molecule has 0 amide bonds. The maximum Gasteiger partial charge on any atom is 0.173 e. The lowest BCUT2D eigenvalue weighted by Crippen LogP contribution is -2.40. The molecular weight excluding hydrogens is 166 g/mol. The third-order valence-electron chi connectivity index (χ3n) is 4.01. The number of nitrogens with two attached hydrogens (primary N) is 1. The van der Waals surface area contributed by atoms with E-state index in [1.165, 1.54) is 19.3 Å². The maximum absolute atomic E-state index is 5.74. The normalized spacial score (nSPS) is 41.3. The average molecular weight is 185 g/mol.